The molecule has 1 heterocycles. The van der Waals surface area contributed by atoms with E-state index in [1.54, 1.807) is 0 Å². The minimum absolute atomic E-state index is 0.161. The first-order valence-electron chi connectivity index (χ1n) is 7.20. The Hall–Kier alpha value is -2.01. The molecule has 0 aliphatic heterocycles. The molecular weight excluding hydrogens is 264 g/mol. The molecule has 0 spiro atoms. The molecule has 114 valence electrons. The normalized spacial score (nSPS) is 12.2. The molecule has 2 rings (SSSR count). The van der Waals surface area contributed by atoms with Crippen LogP contribution in [0, 0.1) is 6.92 Å². The number of nitrogens with zero attached hydrogens (tertiary/aromatic N) is 3. The van der Waals surface area contributed by atoms with Crippen molar-refractivity contribution in [2.24, 2.45) is 7.05 Å². The van der Waals surface area contributed by atoms with Crippen molar-refractivity contribution in [3.63, 3.8) is 0 Å². The second-order valence-electron chi connectivity index (χ2n) is 5.37. The summed E-state index contributed by atoms with van der Waals surface area (Å²) in [6, 6.07) is 8.44. The Bertz CT molecular complexity index is 576. The average Bonchev–Trinajstić information content (AvgIpc) is 2.80. The predicted octanol–water partition coefficient (Wildman–Crippen LogP) is 2.33. The number of benzene rings is 1. The van der Waals surface area contributed by atoms with E-state index in [2.05, 4.69) is 48.5 Å². The van der Waals surface area contributed by atoms with Crippen LogP contribution in [0.4, 0.5) is 11.4 Å². The van der Waals surface area contributed by atoms with Gasteiger partial charge in [0.25, 0.3) is 0 Å². The summed E-state index contributed by atoms with van der Waals surface area (Å²) < 4.78 is 1.89. The Kier molecular flexibility index (Phi) is 4.85. The second kappa shape index (κ2) is 6.63. The molecule has 0 aliphatic rings. The van der Waals surface area contributed by atoms with E-state index in [4.69, 9.17) is 5.11 Å². The minimum Gasteiger partial charge on any atom is -0.395 e. The summed E-state index contributed by atoms with van der Waals surface area (Å²) in [4.78, 5) is 2.03. The molecule has 21 heavy (non-hydrogen) atoms. The molecule has 0 radical (unpaired) electrons. The van der Waals surface area contributed by atoms with Crippen LogP contribution in [0.5, 0.6) is 0 Å². The van der Waals surface area contributed by atoms with Crippen LogP contribution in [-0.2, 0) is 7.05 Å². The van der Waals surface area contributed by atoms with Crippen LogP contribution >= 0.6 is 0 Å². The summed E-state index contributed by atoms with van der Waals surface area (Å²) in [6.07, 6.45) is 1.91. The van der Waals surface area contributed by atoms with E-state index in [1.807, 2.05) is 29.9 Å². The van der Waals surface area contributed by atoms with Gasteiger partial charge in [-0.1, -0.05) is 0 Å². The van der Waals surface area contributed by atoms with E-state index >= 15 is 0 Å². The van der Waals surface area contributed by atoms with Crippen molar-refractivity contribution >= 4 is 11.4 Å². The number of aliphatic hydroxyl groups excluding tert-OH is 1. The number of aliphatic hydroxyl groups is 1. The van der Waals surface area contributed by atoms with Gasteiger partial charge in [0, 0.05) is 43.3 Å². The number of rotatable bonds is 6. The smallest absolute Gasteiger partial charge is 0.0606 e. The zero-order chi connectivity index (χ0) is 15.4. The van der Waals surface area contributed by atoms with E-state index in [1.165, 1.54) is 11.3 Å². The molecule has 5 heteroatoms. The molecular formula is C16H24N4O. The van der Waals surface area contributed by atoms with E-state index in [0.29, 0.717) is 6.54 Å². The number of anilines is 2. The van der Waals surface area contributed by atoms with Crippen molar-refractivity contribution < 1.29 is 5.11 Å². The lowest BCUT2D eigenvalue weighted by atomic mass is 10.1. The SMILES string of the molecule is Cc1c(C(C)Nc2ccc(N(C)CCO)cc2)cnn1C. The van der Waals surface area contributed by atoms with Crippen molar-refractivity contribution in [1.29, 1.82) is 0 Å². The van der Waals surface area contributed by atoms with Crippen molar-refractivity contribution in [1.82, 2.24) is 9.78 Å². The van der Waals surface area contributed by atoms with E-state index in [-0.39, 0.29) is 12.6 Å². The largest absolute Gasteiger partial charge is 0.395 e. The summed E-state index contributed by atoms with van der Waals surface area (Å²) in [7, 11) is 3.93. The highest BCUT2D eigenvalue weighted by Gasteiger charge is 2.11. The van der Waals surface area contributed by atoms with Gasteiger partial charge in [-0.3, -0.25) is 4.68 Å². The van der Waals surface area contributed by atoms with Gasteiger partial charge in [-0.25, -0.2) is 0 Å². The highest BCUT2D eigenvalue weighted by atomic mass is 16.3. The van der Waals surface area contributed by atoms with Crippen LogP contribution in [0.25, 0.3) is 0 Å². The molecule has 0 amide bonds. The van der Waals surface area contributed by atoms with Crippen LogP contribution < -0.4 is 10.2 Å². The van der Waals surface area contributed by atoms with Crippen molar-refractivity contribution in [2.75, 3.05) is 30.4 Å². The number of hydrogen-bond donors (Lipinski definition) is 2. The number of hydrogen-bond acceptors (Lipinski definition) is 4. The first kappa shape index (κ1) is 15.4. The summed E-state index contributed by atoms with van der Waals surface area (Å²) in [5, 5.41) is 16.7. The van der Waals surface area contributed by atoms with Gasteiger partial charge in [-0.05, 0) is 38.1 Å². The van der Waals surface area contributed by atoms with Gasteiger partial charge in [0.2, 0.25) is 0 Å². The standard InChI is InChI=1S/C16H24N4O/c1-12(16-11-17-20(4)13(16)2)18-14-5-7-15(8-6-14)19(3)9-10-21/h5-8,11-12,18,21H,9-10H2,1-4H3. The highest BCUT2D eigenvalue weighted by molar-refractivity contribution is 5.55. The molecule has 1 unspecified atom stereocenters. The molecule has 2 N–H and O–H groups in total. The minimum atomic E-state index is 0.161. The first-order valence-corrected chi connectivity index (χ1v) is 7.20. The Morgan fingerprint density at radius 3 is 2.52 bits per heavy atom. The Morgan fingerprint density at radius 1 is 1.33 bits per heavy atom. The zero-order valence-electron chi connectivity index (χ0n) is 13.2. The first-order chi connectivity index (χ1) is 10.0. The number of aryl methyl sites for hydroxylation is 1. The van der Waals surface area contributed by atoms with Crippen molar-refractivity contribution in [2.45, 2.75) is 19.9 Å². The molecule has 0 bridgehead atoms. The second-order valence-corrected chi connectivity index (χ2v) is 5.37. The van der Waals surface area contributed by atoms with Gasteiger partial charge in [0.15, 0.2) is 0 Å². The molecule has 1 aromatic carbocycles. The van der Waals surface area contributed by atoms with Gasteiger partial charge >= 0.3 is 0 Å². The third-order valence-electron chi connectivity index (χ3n) is 3.87. The van der Waals surface area contributed by atoms with E-state index < -0.39 is 0 Å². The Balaban J connectivity index is 2.04. The highest BCUT2D eigenvalue weighted by Crippen LogP contribution is 2.23. The fraction of sp³-hybridized carbons (Fsp3) is 0.438. The molecule has 1 atom stereocenters. The molecule has 0 fully saturated rings. The van der Waals surface area contributed by atoms with Gasteiger partial charge < -0.3 is 15.3 Å². The quantitative estimate of drug-likeness (QED) is 0.856. The van der Waals surface area contributed by atoms with E-state index in [9.17, 15) is 0 Å². The summed E-state index contributed by atoms with van der Waals surface area (Å²) in [6.45, 7) is 5.01. The molecule has 0 saturated carbocycles. The summed E-state index contributed by atoms with van der Waals surface area (Å²) >= 11 is 0. The number of aromatic nitrogens is 2. The van der Waals surface area contributed by atoms with Gasteiger partial charge in [0.1, 0.15) is 0 Å². The van der Waals surface area contributed by atoms with Gasteiger partial charge in [0.05, 0.1) is 18.8 Å². The van der Waals surface area contributed by atoms with Crippen molar-refractivity contribution in [3.05, 3.63) is 41.7 Å². The predicted molar refractivity (Wildman–Crippen MR) is 86.8 cm³/mol. The average molecular weight is 288 g/mol. The molecule has 0 saturated heterocycles. The van der Waals surface area contributed by atoms with Crippen LogP contribution in [-0.4, -0.2) is 35.1 Å². The van der Waals surface area contributed by atoms with Crippen molar-refractivity contribution in [3.8, 4) is 0 Å². The molecule has 2 aromatic rings. The third kappa shape index (κ3) is 3.55. The van der Waals surface area contributed by atoms with Crippen LogP contribution in [0.15, 0.2) is 30.5 Å². The fourth-order valence-corrected chi connectivity index (χ4v) is 2.36. The number of likely N-dealkylation sites (N-methyl/N-ethyl adjacent to an activating group) is 1. The topological polar surface area (TPSA) is 53.3 Å². The third-order valence-corrected chi connectivity index (χ3v) is 3.87. The van der Waals surface area contributed by atoms with E-state index in [0.717, 1.165) is 11.4 Å². The Morgan fingerprint density at radius 2 is 2.00 bits per heavy atom. The molecule has 1 aromatic heterocycles. The molecule has 5 nitrogen and oxygen atoms in total. The lowest BCUT2D eigenvalue weighted by molar-refractivity contribution is 0.304. The maximum absolute atomic E-state index is 8.96. The summed E-state index contributed by atoms with van der Waals surface area (Å²) in [5.74, 6) is 0. The fourth-order valence-electron chi connectivity index (χ4n) is 2.36. The van der Waals surface area contributed by atoms with Gasteiger partial charge in [-0.15, -0.1) is 0 Å². The molecule has 0 aliphatic carbocycles. The monoisotopic (exact) mass is 288 g/mol. The maximum Gasteiger partial charge on any atom is 0.0606 e. The lowest BCUT2D eigenvalue weighted by Crippen LogP contribution is -2.20. The van der Waals surface area contributed by atoms with Gasteiger partial charge in [-0.2, -0.15) is 5.10 Å². The number of nitrogens with one attached hydrogen (secondary N) is 1. The lowest BCUT2D eigenvalue weighted by Gasteiger charge is -2.19. The Labute approximate surface area is 126 Å². The zero-order valence-corrected chi connectivity index (χ0v) is 13.2. The van der Waals surface area contributed by atoms with Crippen LogP contribution in [0.3, 0.4) is 0 Å². The maximum atomic E-state index is 8.96. The van der Waals surface area contributed by atoms with Crippen LogP contribution in [0.2, 0.25) is 0 Å². The van der Waals surface area contributed by atoms with Crippen LogP contribution in [0.1, 0.15) is 24.2 Å². The summed E-state index contributed by atoms with van der Waals surface area (Å²) in [5.41, 5.74) is 4.56.